The lowest BCUT2D eigenvalue weighted by atomic mass is 10.5. The normalized spacial score (nSPS) is 11.7. The van der Waals surface area contributed by atoms with Gasteiger partial charge in [0.05, 0.1) is 17.2 Å². The van der Waals surface area contributed by atoms with E-state index in [0.717, 1.165) is 11.1 Å². The van der Waals surface area contributed by atoms with Crippen LogP contribution in [0.3, 0.4) is 0 Å². The zero-order valence-corrected chi connectivity index (χ0v) is 13.3. The Morgan fingerprint density at radius 2 is 2.30 bits per heavy atom. The van der Waals surface area contributed by atoms with Gasteiger partial charge in [0.1, 0.15) is 4.90 Å². The molecule has 0 aliphatic carbocycles. The first kappa shape index (κ1) is 15.2. The van der Waals surface area contributed by atoms with Gasteiger partial charge in [-0.3, -0.25) is 0 Å². The topological polar surface area (TPSA) is 110 Å². The van der Waals surface area contributed by atoms with Gasteiger partial charge in [0.25, 0.3) is 0 Å². The average Bonchev–Trinajstić information content (AvgIpc) is 2.93. The van der Waals surface area contributed by atoms with Crippen molar-refractivity contribution in [2.45, 2.75) is 18.4 Å². The highest BCUT2D eigenvalue weighted by Crippen LogP contribution is 2.26. The second-order valence-corrected chi connectivity index (χ2v) is 7.25. The van der Waals surface area contributed by atoms with Gasteiger partial charge in [-0.25, -0.2) is 22.9 Å². The average molecular weight is 381 g/mol. The number of thiazole rings is 1. The van der Waals surface area contributed by atoms with Crippen molar-refractivity contribution in [2.75, 3.05) is 0 Å². The molecule has 2 heterocycles. The maximum atomic E-state index is 12.1. The Morgan fingerprint density at radius 3 is 2.80 bits per heavy atom. The Morgan fingerprint density at radius 1 is 1.60 bits per heavy atom. The van der Waals surface area contributed by atoms with Crippen LogP contribution in [0.2, 0.25) is 0 Å². The van der Waals surface area contributed by atoms with Gasteiger partial charge in [0, 0.05) is 11.4 Å². The van der Waals surface area contributed by atoms with Crippen molar-refractivity contribution in [2.24, 2.45) is 0 Å². The van der Waals surface area contributed by atoms with Crippen molar-refractivity contribution < 1.29 is 22.7 Å². The van der Waals surface area contributed by atoms with Crippen molar-refractivity contribution in [1.29, 1.82) is 0 Å². The van der Waals surface area contributed by atoms with Gasteiger partial charge in [-0.05, 0) is 22.9 Å². The summed E-state index contributed by atoms with van der Waals surface area (Å²) >= 11 is 4.30. The third-order valence-electron chi connectivity index (χ3n) is 2.27. The van der Waals surface area contributed by atoms with E-state index < -0.39 is 21.8 Å². The van der Waals surface area contributed by atoms with Crippen LogP contribution < -0.4 is 4.72 Å². The van der Waals surface area contributed by atoms with Gasteiger partial charge in [-0.15, -0.1) is 11.3 Å². The van der Waals surface area contributed by atoms with Crippen LogP contribution in [0.1, 0.15) is 21.3 Å². The molecule has 2 aromatic heterocycles. The Bertz CT molecular complexity index is 750. The Hall–Kier alpha value is -1.23. The highest BCUT2D eigenvalue weighted by atomic mass is 79.9. The number of nitrogens with one attached hydrogen (secondary N) is 1. The van der Waals surface area contributed by atoms with Gasteiger partial charge >= 0.3 is 5.97 Å². The predicted octanol–water partition coefficient (Wildman–Crippen LogP) is 1.98. The van der Waals surface area contributed by atoms with Crippen molar-refractivity contribution in [3.05, 3.63) is 32.6 Å². The summed E-state index contributed by atoms with van der Waals surface area (Å²) in [6.07, 6.45) is 0. The first-order valence-electron chi connectivity index (χ1n) is 5.23. The maximum Gasteiger partial charge on any atom is 0.371 e. The summed E-state index contributed by atoms with van der Waals surface area (Å²) < 4.78 is 31.1. The molecule has 0 radical (unpaired) electrons. The zero-order valence-electron chi connectivity index (χ0n) is 10.1. The predicted molar refractivity (Wildman–Crippen MR) is 74.2 cm³/mol. The molecule has 0 aromatic carbocycles. The fourth-order valence-corrected chi connectivity index (χ4v) is 3.93. The minimum atomic E-state index is -3.88. The number of aromatic nitrogens is 1. The number of furan rings is 1. The van der Waals surface area contributed by atoms with Crippen molar-refractivity contribution in [3.8, 4) is 0 Å². The highest BCUT2D eigenvalue weighted by Gasteiger charge is 2.24. The van der Waals surface area contributed by atoms with Gasteiger partial charge in [-0.1, -0.05) is 0 Å². The SMILES string of the molecule is Cc1nc(CNS(=O)(=O)c2cc(C(=O)O)oc2Br)cs1. The van der Waals surface area contributed by atoms with E-state index >= 15 is 0 Å². The first-order valence-corrected chi connectivity index (χ1v) is 8.38. The minimum absolute atomic E-state index is 0.0205. The van der Waals surface area contributed by atoms with Gasteiger partial charge in [-0.2, -0.15) is 0 Å². The van der Waals surface area contributed by atoms with E-state index in [-0.39, 0.29) is 16.1 Å². The number of carbonyl (C=O) groups is 1. The number of halogens is 1. The van der Waals surface area contributed by atoms with E-state index in [9.17, 15) is 13.2 Å². The van der Waals surface area contributed by atoms with E-state index in [1.165, 1.54) is 11.3 Å². The number of aryl methyl sites for hydroxylation is 1. The largest absolute Gasteiger partial charge is 0.475 e. The maximum absolute atomic E-state index is 12.1. The van der Waals surface area contributed by atoms with E-state index in [0.29, 0.717) is 5.69 Å². The molecule has 2 N–H and O–H groups in total. The molecule has 0 fully saturated rings. The van der Waals surface area contributed by atoms with Crippen molar-refractivity contribution >= 4 is 43.3 Å². The van der Waals surface area contributed by atoms with Crippen LogP contribution in [0.4, 0.5) is 0 Å². The monoisotopic (exact) mass is 380 g/mol. The third-order valence-corrected chi connectivity index (χ3v) is 5.35. The molecule has 20 heavy (non-hydrogen) atoms. The fraction of sp³-hybridized carbons (Fsp3) is 0.200. The second-order valence-electron chi connectivity index (χ2n) is 3.74. The molecule has 0 atom stereocenters. The molecule has 0 bridgehead atoms. The lowest BCUT2D eigenvalue weighted by Gasteiger charge is -2.02. The Labute approximate surface area is 126 Å². The Kier molecular flexibility index (Phi) is 4.28. The van der Waals surface area contributed by atoms with E-state index in [1.807, 2.05) is 6.92 Å². The van der Waals surface area contributed by atoms with Gasteiger partial charge in [0.2, 0.25) is 15.8 Å². The van der Waals surface area contributed by atoms with Crippen LogP contribution in [0.5, 0.6) is 0 Å². The second kappa shape index (κ2) is 5.64. The van der Waals surface area contributed by atoms with Gasteiger partial charge < -0.3 is 9.52 Å². The molecule has 2 rings (SSSR count). The zero-order chi connectivity index (χ0) is 14.9. The lowest BCUT2D eigenvalue weighted by Crippen LogP contribution is -2.23. The van der Waals surface area contributed by atoms with Crippen molar-refractivity contribution in [3.63, 3.8) is 0 Å². The molecule has 0 saturated heterocycles. The van der Waals surface area contributed by atoms with Crippen LogP contribution in [0, 0.1) is 6.92 Å². The number of nitrogens with zero attached hydrogens (tertiary/aromatic N) is 1. The number of carboxylic acid groups (broad SMARTS) is 1. The summed E-state index contributed by atoms with van der Waals surface area (Å²) in [6.45, 7) is 1.83. The molecule has 2 aromatic rings. The molecule has 0 unspecified atom stereocenters. The lowest BCUT2D eigenvalue weighted by molar-refractivity contribution is 0.0661. The number of hydrogen-bond acceptors (Lipinski definition) is 6. The molecule has 7 nitrogen and oxygen atoms in total. The molecule has 10 heteroatoms. The molecular formula is C10H9BrN2O5S2. The van der Waals surface area contributed by atoms with E-state index in [4.69, 9.17) is 9.52 Å². The molecule has 0 amide bonds. The number of rotatable bonds is 5. The molecule has 0 saturated carbocycles. The van der Waals surface area contributed by atoms with Crippen LogP contribution >= 0.6 is 27.3 Å². The smallest absolute Gasteiger partial charge is 0.371 e. The molecular weight excluding hydrogens is 372 g/mol. The minimum Gasteiger partial charge on any atom is -0.475 e. The number of aromatic carboxylic acids is 1. The third kappa shape index (κ3) is 3.26. The van der Waals surface area contributed by atoms with Crippen LogP contribution in [-0.4, -0.2) is 24.5 Å². The van der Waals surface area contributed by atoms with Crippen LogP contribution in [0.15, 0.2) is 25.4 Å². The van der Waals surface area contributed by atoms with Crippen LogP contribution in [-0.2, 0) is 16.6 Å². The summed E-state index contributed by atoms with van der Waals surface area (Å²) in [5.74, 6) is -1.80. The first-order chi connectivity index (χ1) is 9.29. The number of carboxylic acids is 1. The molecule has 0 aliphatic heterocycles. The summed E-state index contributed by atoms with van der Waals surface area (Å²) in [6, 6.07) is 0.945. The summed E-state index contributed by atoms with van der Waals surface area (Å²) in [5, 5.41) is 11.3. The number of hydrogen-bond donors (Lipinski definition) is 2. The fourth-order valence-electron chi connectivity index (χ4n) is 1.38. The van der Waals surface area contributed by atoms with Gasteiger partial charge in [0.15, 0.2) is 4.67 Å². The number of sulfonamides is 1. The van der Waals surface area contributed by atoms with E-state index in [1.54, 1.807) is 5.38 Å². The highest BCUT2D eigenvalue weighted by molar-refractivity contribution is 9.10. The summed E-state index contributed by atoms with van der Waals surface area (Å²) in [4.78, 5) is 14.6. The van der Waals surface area contributed by atoms with Crippen molar-refractivity contribution in [1.82, 2.24) is 9.71 Å². The summed E-state index contributed by atoms with van der Waals surface area (Å²) in [7, 11) is -3.88. The summed E-state index contributed by atoms with van der Waals surface area (Å²) in [5.41, 5.74) is 0.592. The van der Waals surface area contributed by atoms with E-state index in [2.05, 4.69) is 25.6 Å². The molecule has 0 aliphatic rings. The molecule has 108 valence electrons. The quantitative estimate of drug-likeness (QED) is 0.820. The standard InChI is InChI=1S/C10H9BrN2O5S2/c1-5-13-6(4-19-5)3-12-20(16,17)8-2-7(10(14)15)18-9(8)11/h2,4,12H,3H2,1H3,(H,14,15). The Balaban J connectivity index is 2.20. The van der Waals surface area contributed by atoms with Crippen LogP contribution in [0.25, 0.3) is 0 Å². The molecule has 0 spiro atoms.